The highest BCUT2D eigenvalue weighted by Crippen LogP contribution is 2.44. The maximum Gasteiger partial charge on any atom is 0.407 e. The molecule has 0 spiro atoms. The van der Waals surface area contributed by atoms with Crippen LogP contribution in [0.4, 0.5) is 4.79 Å². The topological polar surface area (TPSA) is 128 Å². The van der Waals surface area contributed by atoms with Gasteiger partial charge in [-0.3, -0.25) is 5.10 Å². The van der Waals surface area contributed by atoms with Crippen LogP contribution in [0.25, 0.3) is 11.1 Å². The van der Waals surface area contributed by atoms with Gasteiger partial charge in [-0.1, -0.05) is 48.5 Å². The van der Waals surface area contributed by atoms with E-state index < -0.39 is 18.1 Å². The number of hydrogen-bond acceptors (Lipinski definition) is 5. The lowest BCUT2D eigenvalue weighted by atomic mass is 9.98. The van der Waals surface area contributed by atoms with Crippen LogP contribution in [0.1, 0.15) is 28.3 Å². The van der Waals surface area contributed by atoms with Crippen LogP contribution in [0, 0.1) is 11.3 Å². The summed E-state index contributed by atoms with van der Waals surface area (Å²) in [6.45, 7) is 0.0847. The summed E-state index contributed by atoms with van der Waals surface area (Å²) in [5.74, 6) is -1.35. The van der Waals surface area contributed by atoms with Gasteiger partial charge in [-0.05, 0) is 22.3 Å². The normalized spacial score (nSPS) is 13.0. The summed E-state index contributed by atoms with van der Waals surface area (Å²) in [4.78, 5) is 23.9. The first kappa shape index (κ1) is 19.2. The molecule has 1 aliphatic rings. The number of H-pyrrole nitrogens is 1. The Bertz CT molecular complexity index is 1100. The van der Waals surface area contributed by atoms with Crippen molar-refractivity contribution in [3.05, 3.63) is 77.1 Å². The molecule has 0 bridgehead atoms. The Morgan fingerprint density at radius 2 is 1.80 bits per heavy atom. The fourth-order valence-electron chi connectivity index (χ4n) is 3.77. The molecule has 8 nitrogen and oxygen atoms in total. The van der Waals surface area contributed by atoms with Crippen molar-refractivity contribution >= 4 is 12.1 Å². The van der Waals surface area contributed by atoms with E-state index in [2.05, 4.69) is 15.5 Å². The molecule has 1 unspecified atom stereocenters. The average Bonchev–Trinajstić information content (AvgIpc) is 3.33. The Hall–Kier alpha value is -4.12. The van der Waals surface area contributed by atoms with Crippen LogP contribution in [-0.4, -0.2) is 40.0 Å². The number of aromatic nitrogens is 2. The lowest BCUT2D eigenvalue weighted by Crippen LogP contribution is -2.43. The first-order chi connectivity index (χ1) is 14.6. The number of nitriles is 1. The van der Waals surface area contributed by atoms with Crippen molar-refractivity contribution in [2.75, 3.05) is 6.61 Å². The number of nitrogens with one attached hydrogen (secondary N) is 2. The highest BCUT2D eigenvalue weighted by atomic mass is 16.5. The van der Waals surface area contributed by atoms with E-state index >= 15 is 0 Å². The predicted octanol–water partition coefficient (Wildman–Crippen LogP) is 2.82. The third-order valence-electron chi connectivity index (χ3n) is 5.18. The molecule has 8 heteroatoms. The zero-order chi connectivity index (χ0) is 21.1. The molecule has 3 N–H and O–H groups in total. The third kappa shape index (κ3) is 3.61. The number of benzene rings is 2. The molecule has 1 aromatic heterocycles. The van der Waals surface area contributed by atoms with Crippen LogP contribution in [0.2, 0.25) is 0 Å². The van der Waals surface area contributed by atoms with Gasteiger partial charge in [0.25, 0.3) is 0 Å². The maximum absolute atomic E-state index is 12.3. The second kappa shape index (κ2) is 8.09. The van der Waals surface area contributed by atoms with Crippen LogP contribution < -0.4 is 5.32 Å². The molecular weight excluding hydrogens is 384 g/mol. The lowest BCUT2D eigenvalue weighted by Gasteiger charge is -2.17. The number of amides is 1. The second-order valence-corrected chi connectivity index (χ2v) is 6.94. The van der Waals surface area contributed by atoms with Crippen LogP contribution in [0.3, 0.4) is 0 Å². The highest BCUT2D eigenvalue weighted by Gasteiger charge is 2.30. The molecule has 0 fully saturated rings. The molecule has 3 aromatic rings. The van der Waals surface area contributed by atoms with Gasteiger partial charge in [-0.25, -0.2) is 9.59 Å². The molecule has 0 aliphatic heterocycles. The van der Waals surface area contributed by atoms with E-state index in [1.165, 1.54) is 6.20 Å². The molecule has 1 heterocycles. The second-order valence-electron chi connectivity index (χ2n) is 6.94. The van der Waals surface area contributed by atoms with E-state index in [-0.39, 0.29) is 24.6 Å². The van der Waals surface area contributed by atoms with Gasteiger partial charge in [-0.15, -0.1) is 0 Å². The van der Waals surface area contributed by atoms with Gasteiger partial charge in [0, 0.05) is 24.1 Å². The summed E-state index contributed by atoms with van der Waals surface area (Å²) < 4.78 is 5.39. The molecule has 1 amide bonds. The summed E-state index contributed by atoms with van der Waals surface area (Å²) in [7, 11) is 0. The highest BCUT2D eigenvalue weighted by molar-refractivity contribution is 5.81. The van der Waals surface area contributed by atoms with Crippen LogP contribution >= 0.6 is 0 Å². The van der Waals surface area contributed by atoms with E-state index in [4.69, 9.17) is 10.00 Å². The molecule has 150 valence electrons. The minimum absolute atomic E-state index is 0.0844. The number of alkyl carbamates (subject to hydrolysis) is 1. The molecule has 1 aliphatic carbocycles. The Labute approximate surface area is 172 Å². The first-order valence-electron chi connectivity index (χ1n) is 9.35. The summed E-state index contributed by atoms with van der Waals surface area (Å²) in [6, 6.07) is 16.5. The Kier molecular flexibility index (Phi) is 5.18. The smallest absolute Gasteiger partial charge is 0.407 e. The Morgan fingerprint density at radius 3 is 2.40 bits per heavy atom. The van der Waals surface area contributed by atoms with Crippen molar-refractivity contribution in [1.82, 2.24) is 15.5 Å². The number of aromatic amines is 1. The molecule has 2 aromatic carbocycles. The zero-order valence-electron chi connectivity index (χ0n) is 15.8. The number of hydrogen-bond donors (Lipinski definition) is 3. The third-order valence-corrected chi connectivity index (χ3v) is 5.18. The van der Waals surface area contributed by atoms with Gasteiger partial charge >= 0.3 is 12.1 Å². The number of carbonyl (C=O) groups excluding carboxylic acids is 1. The van der Waals surface area contributed by atoms with E-state index in [0.29, 0.717) is 5.56 Å². The number of nitrogens with zero attached hydrogens (tertiary/aromatic N) is 2. The van der Waals surface area contributed by atoms with Crippen molar-refractivity contribution < 1.29 is 19.4 Å². The molecule has 30 heavy (non-hydrogen) atoms. The molecule has 4 rings (SSSR count). The average molecular weight is 402 g/mol. The maximum atomic E-state index is 12.3. The quantitative estimate of drug-likeness (QED) is 0.582. The van der Waals surface area contributed by atoms with Crippen molar-refractivity contribution in [3.63, 3.8) is 0 Å². The Balaban J connectivity index is 1.44. The van der Waals surface area contributed by atoms with E-state index in [0.717, 1.165) is 22.3 Å². The number of carboxylic acid groups (broad SMARTS) is 1. The molecular formula is C22H18N4O4. The molecule has 0 saturated heterocycles. The molecule has 0 radical (unpaired) electrons. The zero-order valence-corrected chi connectivity index (χ0v) is 15.8. The minimum atomic E-state index is -1.25. The number of carboxylic acids is 1. The monoisotopic (exact) mass is 402 g/mol. The van der Waals surface area contributed by atoms with E-state index in [1.54, 1.807) is 0 Å². The molecule has 0 saturated carbocycles. The fraction of sp³-hybridized carbons (Fsp3) is 0.182. The number of carbonyl (C=O) groups is 2. The van der Waals surface area contributed by atoms with Gasteiger partial charge in [0.15, 0.2) is 5.69 Å². The summed E-state index contributed by atoms with van der Waals surface area (Å²) >= 11 is 0. The van der Waals surface area contributed by atoms with Gasteiger partial charge in [0.05, 0.1) is 0 Å². The number of rotatable bonds is 6. The van der Waals surface area contributed by atoms with Crippen molar-refractivity contribution in [1.29, 1.82) is 5.26 Å². The van der Waals surface area contributed by atoms with Crippen molar-refractivity contribution in [3.8, 4) is 17.2 Å². The summed E-state index contributed by atoms with van der Waals surface area (Å²) in [6.07, 6.45) is 0.526. The SMILES string of the molecule is N#Cc1n[nH]cc1CC(NC(=O)OCC1c2ccccc2-c2ccccc21)C(=O)O. The largest absolute Gasteiger partial charge is 0.480 e. The van der Waals surface area contributed by atoms with Crippen molar-refractivity contribution in [2.24, 2.45) is 0 Å². The predicted molar refractivity (Wildman–Crippen MR) is 107 cm³/mol. The van der Waals surface area contributed by atoms with Gasteiger partial charge < -0.3 is 15.2 Å². The number of ether oxygens (including phenoxy) is 1. The van der Waals surface area contributed by atoms with Crippen LogP contribution in [0.15, 0.2) is 54.7 Å². The van der Waals surface area contributed by atoms with Crippen molar-refractivity contribution in [2.45, 2.75) is 18.4 Å². The number of aliphatic carboxylic acids is 1. The standard InChI is InChI=1S/C22H18N4O4/c23-10-20-13(11-24-26-20)9-19(21(27)28)25-22(29)30-12-18-16-7-3-1-5-14(16)15-6-2-4-8-17(15)18/h1-8,11,18-19H,9,12H2,(H,24,26)(H,25,29)(H,27,28). The van der Waals surface area contributed by atoms with Crippen LogP contribution in [0.5, 0.6) is 0 Å². The van der Waals surface area contributed by atoms with E-state index in [9.17, 15) is 14.7 Å². The minimum Gasteiger partial charge on any atom is -0.480 e. The lowest BCUT2D eigenvalue weighted by molar-refractivity contribution is -0.139. The summed E-state index contributed by atoms with van der Waals surface area (Å²) in [5.41, 5.74) is 4.85. The van der Waals surface area contributed by atoms with E-state index in [1.807, 2.05) is 54.6 Å². The fourth-order valence-corrected chi connectivity index (χ4v) is 3.77. The van der Waals surface area contributed by atoms with Crippen LogP contribution in [-0.2, 0) is 16.0 Å². The van der Waals surface area contributed by atoms with Gasteiger partial charge in [0.2, 0.25) is 0 Å². The van der Waals surface area contributed by atoms with Gasteiger partial charge in [-0.2, -0.15) is 10.4 Å². The first-order valence-corrected chi connectivity index (χ1v) is 9.35. The summed E-state index contributed by atoms with van der Waals surface area (Å²) in [5, 5.41) is 27.1. The molecule has 1 atom stereocenters. The Morgan fingerprint density at radius 1 is 1.17 bits per heavy atom. The number of fused-ring (bicyclic) bond motifs is 3. The van der Waals surface area contributed by atoms with Gasteiger partial charge in [0.1, 0.15) is 18.7 Å².